The average Bonchev–Trinajstić information content (AvgIpc) is 3.32. The molecule has 1 aromatic heterocycles. The molecule has 1 N–H and O–H groups in total. The predicted molar refractivity (Wildman–Crippen MR) is 102 cm³/mol. The van der Waals surface area contributed by atoms with Crippen LogP contribution in [-0.4, -0.2) is 33.1 Å². The molecule has 1 fully saturated rings. The molecule has 2 heterocycles. The van der Waals surface area contributed by atoms with Gasteiger partial charge >= 0.3 is 0 Å². The van der Waals surface area contributed by atoms with Gasteiger partial charge in [-0.2, -0.15) is 5.10 Å². The van der Waals surface area contributed by atoms with Crippen LogP contribution in [0.1, 0.15) is 6.42 Å². The summed E-state index contributed by atoms with van der Waals surface area (Å²) in [6, 6.07) is 11.0. The fourth-order valence-corrected chi connectivity index (χ4v) is 3.33. The van der Waals surface area contributed by atoms with Crippen molar-refractivity contribution < 1.29 is 14.0 Å². The van der Waals surface area contributed by atoms with Gasteiger partial charge in [0.2, 0.25) is 11.8 Å². The zero-order valence-electron chi connectivity index (χ0n) is 14.5. The minimum Gasteiger partial charge on any atom is -0.324 e. The number of rotatable bonds is 4. The van der Waals surface area contributed by atoms with Crippen LogP contribution in [0.5, 0.6) is 0 Å². The Bertz CT molecular complexity index is 1040. The third kappa shape index (κ3) is 3.46. The number of hydrogen-bond donors (Lipinski definition) is 1. The summed E-state index contributed by atoms with van der Waals surface area (Å²) in [6.45, 7) is 0.102. The minimum atomic E-state index is -0.616. The summed E-state index contributed by atoms with van der Waals surface area (Å²) >= 11 is 6.06. The van der Waals surface area contributed by atoms with Crippen LogP contribution in [0.3, 0.4) is 0 Å². The van der Waals surface area contributed by atoms with Crippen LogP contribution in [0.4, 0.5) is 15.8 Å². The molecule has 0 aliphatic carbocycles. The van der Waals surface area contributed by atoms with E-state index >= 15 is 0 Å². The Hall–Kier alpha value is -3.26. The maximum Gasteiger partial charge on any atom is 0.229 e. The Morgan fingerprint density at radius 2 is 2.04 bits per heavy atom. The van der Waals surface area contributed by atoms with Crippen molar-refractivity contribution in [2.75, 3.05) is 16.8 Å². The van der Waals surface area contributed by atoms with E-state index in [1.165, 1.54) is 34.4 Å². The molecule has 0 bridgehead atoms. The van der Waals surface area contributed by atoms with Crippen LogP contribution in [0.15, 0.2) is 55.1 Å². The monoisotopic (exact) mass is 399 g/mol. The number of benzene rings is 2. The summed E-state index contributed by atoms with van der Waals surface area (Å²) in [4.78, 5) is 30.3. The highest BCUT2D eigenvalue weighted by molar-refractivity contribution is 6.31. The fraction of sp³-hybridized carbons (Fsp3) is 0.158. The number of carbonyl (C=O) groups excluding carboxylic acids is 2. The molecule has 9 heteroatoms. The summed E-state index contributed by atoms with van der Waals surface area (Å²) in [7, 11) is 0. The third-order valence-corrected chi connectivity index (χ3v) is 4.76. The van der Waals surface area contributed by atoms with Gasteiger partial charge < -0.3 is 10.2 Å². The summed E-state index contributed by atoms with van der Waals surface area (Å²) in [5, 5.41) is 7.31. The first-order chi connectivity index (χ1) is 13.5. The highest BCUT2D eigenvalue weighted by atomic mass is 35.5. The second-order valence-electron chi connectivity index (χ2n) is 6.35. The van der Waals surface area contributed by atoms with E-state index < -0.39 is 11.7 Å². The van der Waals surface area contributed by atoms with E-state index in [1.807, 2.05) is 0 Å². The van der Waals surface area contributed by atoms with Gasteiger partial charge in [-0.05, 0) is 30.3 Å². The van der Waals surface area contributed by atoms with Gasteiger partial charge in [-0.15, -0.1) is 0 Å². The van der Waals surface area contributed by atoms with Crippen molar-refractivity contribution >= 4 is 34.8 Å². The molecule has 7 nitrogen and oxygen atoms in total. The van der Waals surface area contributed by atoms with E-state index in [2.05, 4.69) is 15.4 Å². The van der Waals surface area contributed by atoms with Gasteiger partial charge in [0.25, 0.3) is 0 Å². The van der Waals surface area contributed by atoms with E-state index in [4.69, 9.17) is 11.6 Å². The number of nitrogens with zero attached hydrogens (tertiary/aromatic N) is 4. The SMILES string of the molecule is O=C(Nc1cc(Cl)ccc1-n1cncn1)C1CC(=O)N(c2ccccc2F)C1. The molecule has 1 atom stereocenters. The van der Waals surface area contributed by atoms with Crippen molar-refractivity contribution in [1.82, 2.24) is 14.8 Å². The molecule has 1 unspecified atom stereocenters. The van der Waals surface area contributed by atoms with Gasteiger partial charge in [0, 0.05) is 18.0 Å². The highest BCUT2D eigenvalue weighted by Gasteiger charge is 2.36. The molecule has 1 aliphatic rings. The summed E-state index contributed by atoms with van der Waals surface area (Å²) in [5.41, 5.74) is 1.21. The number of hydrogen-bond acceptors (Lipinski definition) is 4. The zero-order chi connectivity index (χ0) is 19.7. The predicted octanol–water partition coefficient (Wildman–Crippen LogP) is 3.05. The lowest BCUT2D eigenvalue weighted by atomic mass is 10.1. The molecule has 142 valence electrons. The number of para-hydroxylation sites is 1. The molecule has 0 spiro atoms. The van der Waals surface area contributed by atoms with Gasteiger partial charge in [-0.1, -0.05) is 23.7 Å². The topological polar surface area (TPSA) is 80.1 Å². The van der Waals surface area contributed by atoms with Crippen molar-refractivity contribution in [3.05, 3.63) is 66.0 Å². The van der Waals surface area contributed by atoms with E-state index in [1.54, 1.807) is 30.3 Å². The summed E-state index contributed by atoms with van der Waals surface area (Å²) in [6.07, 6.45) is 2.87. The number of amides is 2. The third-order valence-electron chi connectivity index (χ3n) is 4.52. The van der Waals surface area contributed by atoms with E-state index in [0.717, 1.165) is 0 Å². The molecule has 0 radical (unpaired) electrons. The van der Waals surface area contributed by atoms with Gasteiger partial charge in [-0.3, -0.25) is 9.59 Å². The van der Waals surface area contributed by atoms with Gasteiger partial charge in [-0.25, -0.2) is 14.1 Å². The standard InChI is InChI=1S/C19H15ClFN5O2/c20-13-5-6-17(26-11-22-10-23-26)15(8-13)24-19(28)12-7-18(27)25(9-12)16-4-2-1-3-14(16)21/h1-6,8,10-12H,7,9H2,(H,24,28). The number of anilines is 2. The molecule has 1 aliphatic heterocycles. The number of aromatic nitrogens is 3. The van der Waals surface area contributed by atoms with Gasteiger partial charge in [0.1, 0.15) is 18.5 Å². The molecular weight excluding hydrogens is 385 g/mol. The largest absolute Gasteiger partial charge is 0.324 e. The van der Waals surface area contributed by atoms with Crippen LogP contribution in [-0.2, 0) is 9.59 Å². The van der Waals surface area contributed by atoms with E-state index in [9.17, 15) is 14.0 Å². The lowest BCUT2D eigenvalue weighted by Crippen LogP contribution is -2.29. The second-order valence-corrected chi connectivity index (χ2v) is 6.78. The quantitative estimate of drug-likeness (QED) is 0.731. The van der Waals surface area contributed by atoms with Crippen molar-refractivity contribution in [1.29, 1.82) is 0 Å². The number of carbonyl (C=O) groups is 2. The maximum absolute atomic E-state index is 14.0. The number of nitrogens with one attached hydrogen (secondary N) is 1. The smallest absolute Gasteiger partial charge is 0.229 e. The molecule has 0 saturated carbocycles. The summed E-state index contributed by atoms with van der Waals surface area (Å²) in [5.74, 6) is -1.77. The maximum atomic E-state index is 14.0. The first kappa shape index (κ1) is 18.1. The molecule has 1 saturated heterocycles. The molecule has 28 heavy (non-hydrogen) atoms. The Kier molecular flexibility index (Phi) is 4.79. The zero-order valence-corrected chi connectivity index (χ0v) is 15.3. The number of halogens is 2. The van der Waals surface area contributed by atoms with Crippen LogP contribution < -0.4 is 10.2 Å². The van der Waals surface area contributed by atoms with E-state index in [0.29, 0.717) is 16.4 Å². The Balaban J connectivity index is 1.55. The van der Waals surface area contributed by atoms with Crippen molar-refractivity contribution in [2.24, 2.45) is 5.92 Å². The highest BCUT2D eigenvalue weighted by Crippen LogP contribution is 2.29. The minimum absolute atomic E-state index is 0.000603. The molecule has 2 aromatic carbocycles. The molecule has 2 amide bonds. The fourth-order valence-electron chi connectivity index (χ4n) is 3.16. The van der Waals surface area contributed by atoms with E-state index in [-0.39, 0.29) is 30.5 Å². The van der Waals surface area contributed by atoms with Crippen molar-refractivity contribution in [2.45, 2.75) is 6.42 Å². The van der Waals surface area contributed by atoms with Crippen LogP contribution in [0.2, 0.25) is 5.02 Å². The van der Waals surface area contributed by atoms with Crippen LogP contribution in [0.25, 0.3) is 5.69 Å². The van der Waals surface area contributed by atoms with Gasteiger partial charge in [0.15, 0.2) is 0 Å². The molecule has 4 rings (SSSR count). The Labute approximate surface area is 164 Å². The first-order valence-corrected chi connectivity index (χ1v) is 8.91. The van der Waals surface area contributed by atoms with Crippen molar-refractivity contribution in [3.63, 3.8) is 0 Å². The lowest BCUT2D eigenvalue weighted by molar-refractivity contribution is -0.122. The van der Waals surface area contributed by atoms with Crippen LogP contribution in [0, 0.1) is 11.7 Å². The molecular formula is C19H15ClFN5O2. The van der Waals surface area contributed by atoms with Gasteiger partial charge in [0.05, 0.1) is 23.0 Å². The summed E-state index contributed by atoms with van der Waals surface area (Å²) < 4.78 is 15.5. The van der Waals surface area contributed by atoms with Crippen LogP contribution >= 0.6 is 11.6 Å². The molecule has 3 aromatic rings. The second kappa shape index (κ2) is 7.40. The first-order valence-electron chi connectivity index (χ1n) is 8.53. The Morgan fingerprint density at radius 3 is 2.79 bits per heavy atom. The Morgan fingerprint density at radius 1 is 1.21 bits per heavy atom. The normalized spacial score (nSPS) is 16.4. The lowest BCUT2D eigenvalue weighted by Gasteiger charge is -2.18. The van der Waals surface area contributed by atoms with Crippen molar-refractivity contribution in [3.8, 4) is 5.69 Å². The average molecular weight is 400 g/mol.